The van der Waals surface area contributed by atoms with Gasteiger partial charge in [-0.25, -0.2) is 0 Å². The van der Waals surface area contributed by atoms with Crippen LogP contribution in [0.3, 0.4) is 0 Å². The molecule has 112 valence electrons. The molecule has 0 atom stereocenters. The lowest BCUT2D eigenvalue weighted by molar-refractivity contribution is 0.414. The van der Waals surface area contributed by atoms with Crippen LogP contribution in [-0.4, -0.2) is 27.3 Å². The Hall–Kier alpha value is -1.67. The third-order valence-electron chi connectivity index (χ3n) is 3.13. The summed E-state index contributed by atoms with van der Waals surface area (Å²) in [5.74, 6) is 1.35. The van der Waals surface area contributed by atoms with Gasteiger partial charge in [0.2, 0.25) is 5.82 Å². The van der Waals surface area contributed by atoms with Crippen LogP contribution in [0.15, 0.2) is 42.5 Å². The largest absolute Gasteiger partial charge is 0.497 e. The van der Waals surface area contributed by atoms with Gasteiger partial charge in [-0.2, -0.15) is 4.80 Å². The molecule has 22 heavy (non-hydrogen) atoms. The SMILES string of the molecule is COc1ccc(Cn2nnc(-c3cccc(I)c3Cl)n2)cc1. The summed E-state index contributed by atoms with van der Waals surface area (Å²) >= 11 is 8.47. The van der Waals surface area contributed by atoms with E-state index in [1.165, 1.54) is 0 Å². The van der Waals surface area contributed by atoms with Gasteiger partial charge in [0.15, 0.2) is 0 Å². The van der Waals surface area contributed by atoms with Crippen molar-refractivity contribution < 1.29 is 4.74 Å². The highest BCUT2D eigenvalue weighted by Crippen LogP contribution is 2.28. The van der Waals surface area contributed by atoms with Crippen LogP contribution in [0.5, 0.6) is 5.75 Å². The number of hydrogen-bond donors (Lipinski definition) is 0. The van der Waals surface area contributed by atoms with Crippen LogP contribution in [-0.2, 0) is 6.54 Å². The summed E-state index contributed by atoms with van der Waals surface area (Å²) in [4.78, 5) is 1.55. The molecule has 5 nitrogen and oxygen atoms in total. The Labute approximate surface area is 146 Å². The molecule has 0 spiro atoms. The van der Waals surface area contributed by atoms with Gasteiger partial charge >= 0.3 is 0 Å². The fourth-order valence-corrected chi connectivity index (χ4v) is 2.70. The predicted octanol–water partition coefficient (Wildman–Crippen LogP) is 3.66. The average Bonchev–Trinajstić information content (AvgIpc) is 2.99. The zero-order chi connectivity index (χ0) is 15.5. The first-order valence-corrected chi connectivity index (χ1v) is 7.98. The first-order chi connectivity index (χ1) is 10.7. The summed E-state index contributed by atoms with van der Waals surface area (Å²) in [6.45, 7) is 0.540. The zero-order valence-electron chi connectivity index (χ0n) is 11.7. The predicted molar refractivity (Wildman–Crippen MR) is 93.1 cm³/mol. The van der Waals surface area contributed by atoms with Crippen molar-refractivity contribution in [2.75, 3.05) is 7.11 Å². The number of aromatic nitrogens is 4. The van der Waals surface area contributed by atoms with Crippen LogP contribution in [0.1, 0.15) is 5.56 Å². The van der Waals surface area contributed by atoms with Gasteiger partial charge in [-0.05, 0) is 57.6 Å². The van der Waals surface area contributed by atoms with Gasteiger partial charge in [-0.3, -0.25) is 0 Å². The van der Waals surface area contributed by atoms with Gasteiger partial charge in [0.25, 0.3) is 0 Å². The lowest BCUT2D eigenvalue weighted by Gasteiger charge is -2.02. The topological polar surface area (TPSA) is 52.8 Å². The fourth-order valence-electron chi connectivity index (χ4n) is 1.99. The van der Waals surface area contributed by atoms with E-state index >= 15 is 0 Å². The molecule has 3 rings (SSSR count). The Morgan fingerprint density at radius 2 is 1.95 bits per heavy atom. The molecule has 0 amide bonds. The van der Waals surface area contributed by atoms with E-state index in [2.05, 4.69) is 38.0 Å². The maximum atomic E-state index is 6.29. The minimum Gasteiger partial charge on any atom is -0.497 e. The normalized spacial score (nSPS) is 10.7. The Morgan fingerprint density at radius 3 is 2.68 bits per heavy atom. The molecule has 0 aliphatic carbocycles. The quantitative estimate of drug-likeness (QED) is 0.598. The van der Waals surface area contributed by atoms with Gasteiger partial charge in [0.05, 0.1) is 18.7 Å². The maximum absolute atomic E-state index is 6.29. The van der Waals surface area contributed by atoms with Gasteiger partial charge in [-0.15, -0.1) is 10.2 Å². The minimum atomic E-state index is 0.525. The molecule has 1 aromatic heterocycles. The van der Waals surface area contributed by atoms with E-state index in [1.54, 1.807) is 11.9 Å². The van der Waals surface area contributed by atoms with E-state index in [1.807, 2.05) is 42.5 Å². The Balaban J connectivity index is 1.82. The smallest absolute Gasteiger partial charge is 0.206 e. The van der Waals surface area contributed by atoms with E-state index < -0.39 is 0 Å². The second-order valence-electron chi connectivity index (χ2n) is 4.59. The third kappa shape index (κ3) is 3.22. The third-order valence-corrected chi connectivity index (χ3v) is 4.75. The van der Waals surface area contributed by atoms with Crippen LogP contribution in [0.4, 0.5) is 0 Å². The highest BCUT2D eigenvalue weighted by molar-refractivity contribution is 14.1. The van der Waals surface area contributed by atoms with Crippen molar-refractivity contribution in [3.05, 3.63) is 56.6 Å². The van der Waals surface area contributed by atoms with Crippen molar-refractivity contribution in [1.82, 2.24) is 20.2 Å². The number of benzene rings is 2. The van der Waals surface area contributed by atoms with Crippen molar-refractivity contribution in [2.24, 2.45) is 0 Å². The Kier molecular flexibility index (Phi) is 4.58. The number of tetrazole rings is 1. The molecule has 2 aromatic carbocycles. The summed E-state index contributed by atoms with van der Waals surface area (Å²) in [6, 6.07) is 13.5. The van der Waals surface area contributed by atoms with Crippen molar-refractivity contribution in [1.29, 1.82) is 0 Å². The van der Waals surface area contributed by atoms with Crippen LogP contribution >= 0.6 is 34.2 Å². The summed E-state index contributed by atoms with van der Waals surface area (Å²) in [7, 11) is 1.64. The lowest BCUT2D eigenvalue weighted by Crippen LogP contribution is -2.04. The standard InChI is InChI=1S/C15H12ClIN4O/c1-22-11-7-5-10(6-8-11)9-21-19-15(18-20-21)12-3-2-4-13(17)14(12)16/h2-8H,9H2,1H3. The highest BCUT2D eigenvalue weighted by atomic mass is 127. The zero-order valence-corrected chi connectivity index (χ0v) is 14.6. The first-order valence-electron chi connectivity index (χ1n) is 6.52. The molecule has 0 bridgehead atoms. The molecule has 1 heterocycles. The van der Waals surface area contributed by atoms with Crippen molar-refractivity contribution in [3.8, 4) is 17.1 Å². The molecule has 0 saturated carbocycles. The van der Waals surface area contributed by atoms with Gasteiger partial charge in [0, 0.05) is 9.13 Å². The van der Waals surface area contributed by atoms with E-state index in [-0.39, 0.29) is 0 Å². The van der Waals surface area contributed by atoms with Gasteiger partial charge in [0.1, 0.15) is 5.75 Å². The molecule has 7 heteroatoms. The number of methoxy groups -OCH3 is 1. The number of halogens is 2. The number of hydrogen-bond acceptors (Lipinski definition) is 4. The molecule has 3 aromatic rings. The molecule has 0 unspecified atom stereocenters. The summed E-state index contributed by atoms with van der Waals surface area (Å²) < 4.78 is 6.10. The fraction of sp³-hybridized carbons (Fsp3) is 0.133. The Bertz CT molecular complexity index is 788. The Morgan fingerprint density at radius 1 is 1.18 bits per heavy atom. The molecule has 0 saturated heterocycles. The highest BCUT2D eigenvalue weighted by Gasteiger charge is 2.12. The van der Waals surface area contributed by atoms with Crippen LogP contribution < -0.4 is 4.74 Å². The van der Waals surface area contributed by atoms with Crippen molar-refractivity contribution in [2.45, 2.75) is 6.54 Å². The summed E-state index contributed by atoms with van der Waals surface area (Å²) in [5.41, 5.74) is 1.85. The monoisotopic (exact) mass is 426 g/mol. The maximum Gasteiger partial charge on any atom is 0.206 e. The molecule has 0 aliphatic heterocycles. The van der Waals surface area contributed by atoms with Crippen LogP contribution in [0, 0.1) is 3.57 Å². The second kappa shape index (κ2) is 6.62. The van der Waals surface area contributed by atoms with Crippen LogP contribution in [0.2, 0.25) is 5.02 Å². The lowest BCUT2D eigenvalue weighted by atomic mass is 10.2. The van der Waals surface area contributed by atoms with E-state index in [9.17, 15) is 0 Å². The average molecular weight is 427 g/mol. The molecular formula is C15H12ClIN4O. The van der Waals surface area contributed by atoms with Gasteiger partial charge in [-0.1, -0.05) is 29.8 Å². The summed E-state index contributed by atoms with van der Waals surface area (Å²) in [6.07, 6.45) is 0. The molecule has 0 fully saturated rings. The molecule has 0 radical (unpaired) electrons. The van der Waals surface area contributed by atoms with E-state index in [0.717, 1.165) is 20.4 Å². The molecule has 0 N–H and O–H groups in total. The van der Waals surface area contributed by atoms with E-state index in [0.29, 0.717) is 17.4 Å². The number of nitrogens with zero attached hydrogens (tertiary/aromatic N) is 4. The van der Waals surface area contributed by atoms with Crippen molar-refractivity contribution >= 4 is 34.2 Å². The summed E-state index contributed by atoms with van der Waals surface area (Å²) in [5, 5.41) is 13.2. The molecule has 0 aliphatic rings. The van der Waals surface area contributed by atoms with Crippen LogP contribution in [0.25, 0.3) is 11.4 Å². The first kappa shape index (κ1) is 15.2. The van der Waals surface area contributed by atoms with E-state index in [4.69, 9.17) is 16.3 Å². The second-order valence-corrected chi connectivity index (χ2v) is 6.13. The molecular weight excluding hydrogens is 415 g/mol. The van der Waals surface area contributed by atoms with Crippen molar-refractivity contribution in [3.63, 3.8) is 0 Å². The number of ether oxygens (including phenoxy) is 1. The van der Waals surface area contributed by atoms with Gasteiger partial charge < -0.3 is 4.74 Å². The number of rotatable bonds is 4. The minimum absolute atomic E-state index is 0.525.